The highest BCUT2D eigenvalue weighted by Crippen LogP contribution is 2.36. The fourth-order valence-corrected chi connectivity index (χ4v) is 4.43. The van der Waals surface area contributed by atoms with Crippen molar-refractivity contribution in [3.8, 4) is 11.5 Å². The number of rotatable bonds is 6. The Balaban J connectivity index is 0.00000264. The molecule has 2 rings (SSSR count). The number of benzene rings is 1. The Bertz CT molecular complexity index is 664. The first-order valence-electron chi connectivity index (χ1n) is 7.31. The van der Waals surface area contributed by atoms with Gasteiger partial charge in [-0.25, -0.2) is 13.1 Å². The zero-order valence-corrected chi connectivity index (χ0v) is 15.5. The van der Waals surface area contributed by atoms with E-state index < -0.39 is 15.6 Å². The molecule has 23 heavy (non-hydrogen) atoms. The Morgan fingerprint density at radius 3 is 2.39 bits per heavy atom. The molecule has 1 aromatic carbocycles. The van der Waals surface area contributed by atoms with Crippen LogP contribution in [0.15, 0.2) is 17.0 Å². The molecule has 0 saturated heterocycles. The summed E-state index contributed by atoms with van der Waals surface area (Å²) < 4.78 is 38.8. The van der Waals surface area contributed by atoms with Crippen LogP contribution in [0.25, 0.3) is 0 Å². The van der Waals surface area contributed by atoms with Crippen LogP contribution in [0.2, 0.25) is 0 Å². The monoisotopic (exact) mass is 364 g/mol. The Morgan fingerprint density at radius 2 is 1.87 bits per heavy atom. The zero-order valence-electron chi connectivity index (χ0n) is 13.9. The van der Waals surface area contributed by atoms with E-state index in [2.05, 4.69) is 4.72 Å². The van der Waals surface area contributed by atoms with Gasteiger partial charge in [-0.1, -0.05) is 13.8 Å². The molecule has 3 N–H and O–H groups in total. The van der Waals surface area contributed by atoms with Crippen molar-refractivity contribution in [3.05, 3.63) is 17.7 Å². The summed E-state index contributed by atoms with van der Waals surface area (Å²) >= 11 is 0. The van der Waals surface area contributed by atoms with E-state index in [0.29, 0.717) is 29.4 Å². The minimum atomic E-state index is -3.69. The van der Waals surface area contributed by atoms with Crippen LogP contribution < -0.4 is 19.9 Å². The van der Waals surface area contributed by atoms with Gasteiger partial charge in [-0.2, -0.15) is 0 Å². The molecule has 0 aliphatic carbocycles. The molecule has 1 unspecified atom stereocenters. The molecule has 0 spiro atoms. The number of ether oxygens (including phenoxy) is 2. The second kappa shape index (κ2) is 7.25. The maximum Gasteiger partial charge on any atom is 0.241 e. The van der Waals surface area contributed by atoms with E-state index in [4.69, 9.17) is 15.2 Å². The molecule has 1 aliphatic heterocycles. The van der Waals surface area contributed by atoms with Gasteiger partial charge in [-0.05, 0) is 37.8 Å². The summed E-state index contributed by atoms with van der Waals surface area (Å²) in [7, 11) is -3.69. The van der Waals surface area contributed by atoms with Crippen LogP contribution in [0.1, 0.15) is 32.8 Å². The van der Waals surface area contributed by atoms with Crippen molar-refractivity contribution in [3.63, 3.8) is 0 Å². The maximum atomic E-state index is 12.7. The van der Waals surface area contributed by atoms with Gasteiger partial charge in [0.05, 0.1) is 4.90 Å². The van der Waals surface area contributed by atoms with Gasteiger partial charge in [-0.15, -0.1) is 12.4 Å². The average molecular weight is 365 g/mol. The van der Waals surface area contributed by atoms with Crippen LogP contribution in [0, 0.1) is 12.8 Å². The van der Waals surface area contributed by atoms with Crippen molar-refractivity contribution in [2.24, 2.45) is 11.7 Å². The lowest BCUT2D eigenvalue weighted by molar-refractivity contribution is 0.174. The summed E-state index contributed by atoms with van der Waals surface area (Å²) in [5.41, 5.74) is 5.72. The molecule has 0 fully saturated rings. The molecule has 1 heterocycles. The largest absolute Gasteiger partial charge is 0.454 e. The van der Waals surface area contributed by atoms with E-state index in [1.54, 1.807) is 13.0 Å². The number of aryl methyl sites for hydroxylation is 1. The molecule has 132 valence electrons. The van der Waals surface area contributed by atoms with E-state index >= 15 is 0 Å². The summed E-state index contributed by atoms with van der Waals surface area (Å²) in [6.07, 6.45) is 0.659. The highest BCUT2D eigenvalue weighted by molar-refractivity contribution is 7.89. The predicted octanol–water partition coefficient (Wildman–Crippen LogP) is 2.19. The fourth-order valence-electron chi connectivity index (χ4n) is 2.76. The molecular formula is C15H25ClN2O4S. The van der Waals surface area contributed by atoms with Gasteiger partial charge in [0.15, 0.2) is 11.5 Å². The highest BCUT2D eigenvalue weighted by atomic mass is 35.5. The minimum Gasteiger partial charge on any atom is -0.454 e. The summed E-state index contributed by atoms with van der Waals surface area (Å²) in [6, 6.07) is 3.19. The van der Waals surface area contributed by atoms with E-state index in [0.717, 1.165) is 0 Å². The van der Waals surface area contributed by atoms with Crippen LogP contribution in [0.3, 0.4) is 0 Å². The third-order valence-corrected chi connectivity index (χ3v) is 5.43. The van der Waals surface area contributed by atoms with Gasteiger partial charge in [0, 0.05) is 18.2 Å². The predicted molar refractivity (Wildman–Crippen MR) is 91.8 cm³/mol. The summed E-state index contributed by atoms with van der Waals surface area (Å²) in [5.74, 6) is 1.35. The van der Waals surface area contributed by atoms with Crippen molar-refractivity contribution >= 4 is 22.4 Å². The Morgan fingerprint density at radius 1 is 1.30 bits per heavy atom. The molecular weight excluding hydrogens is 340 g/mol. The number of hydrogen-bond acceptors (Lipinski definition) is 5. The topological polar surface area (TPSA) is 90.7 Å². The first-order chi connectivity index (χ1) is 10.2. The third-order valence-electron chi connectivity index (χ3n) is 3.65. The maximum absolute atomic E-state index is 12.7. The number of nitrogens with two attached hydrogens (primary N) is 1. The molecule has 0 saturated carbocycles. The van der Waals surface area contributed by atoms with Gasteiger partial charge in [0.1, 0.15) is 0 Å². The molecule has 6 nitrogen and oxygen atoms in total. The van der Waals surface area contributed by atoms with E-state index in [9.17, 15) is 8.42 Å². The van der Waals surface area contributed by atoms with Crippen molar-refractivity contribution in [2.75, 3.05) is 13.3 Å². The van der Waals surface area contributed by atoms with Gasteiger partial charge in [-0.3, -0.25) is 0 Å². The van der Waals surface area contributed by atoms with E-state index in [1.807, 2.05) is 20.8 Å². The van der Waals surface area contributed by atoms with Gasteiger partial charge >= 0.3 is 0 Å². The molecule has 0 aromatic heterocycles. The van der Waals surface area contributed by atoms with Gasteiger partial charge in [0.25, 0.3) is 0 Å². The second-order valence-electron chi connectivity index (χ2n) is 6.44. The molecule has 0 amide bonds. The Hall–Kier alpha value is -1.02. The molecule has 0 radical (unpaired) electrons. The number of nitrogens with one attached hydrogen (secondary N) is 1. The molecule has 1 atom stereocenters. The standard InChI is InChI=1S/C15H24N2O4S.ClH/c1-10(2)7-15(4,8-16)17-22(18,19)14-6-13-12(5-11(14)3)20-9-21-13;/h5-6,10,17H,7-9,16H2,1-4H3;1H. The highest BCUT2D eigenvalue weighted by Gasteiger charge is 2.32. The quantitative estimate of drug-likeness (QED) is 0.807. The van der Waals surface area contributed by atoms with Crippen LogP contribution in [0.4, 0.5) is 0 Å². The van der Waals surface area contributed by atoms with Gasteiger partial charge in [0.2, 0.25) is 16.8 Å². The Kier molecular flexibility index (Phi) is 6.32. The lowest BCUT2D eigenvalue weighted by atomic mass is 9.92. The number of halogens is 1. The number of sulfonamides is 1. The SMILES string of the molecule is Cc1cc2c(cc1S(=O)(=O)NC(C)(CN)CC(C)C)OCO2.Cl. The second-order valence-corrected chi connectivity index (χ2v) is 8.09. The molecule has 1 aliphatic rings. The number of hydrogen-bond donors (Lipinski definition) is 2. The van der Waals surface area contributed by atoms with E-state index in [-0.39, 0.29) is 30.6 Å². The first-order valence-corrected chi connectivity index (χ1v) is 8.79. The zero-order chi connectivity index (χ0) is 16.5. The molecule has 8 heteroatoms. The summed E-state index contributed by atoms with van der Waals surface area (Å²) in [4.78, 5) is 0.195. The van der Waals surface area contributed by atoms with Crippen LogP contribution >= 0.6 is 12.4 Å². The summed E-state index contributed by atoms with van der Waals surface area (Å²) in [5, 5.41) is 0. The van der Waals surface area contributed by atoms with Gasteiger partial charge < -0.3 is 15.2 Å². The molecule has 0 bridgehead atoms. The van der Waals surface area contributed by atoms with Crippen LogP contribution in [-0.2, 0) is 10.0 Å². The molecule has 1 aromatic rings. The Labute approximate surface area is 144 Å². The van der Waals surface area contributed by atoms with Crippen LogP contribution in [-0.4, -0.2) is 27.3 Å². The normalized spacial score (nSPS) is 16.1. The fraction of sp³-hybridized carbons (Fsp3) is 0.600. The van der Waals surface area contributed by atoms with Crippen molar-refractivity contribution < 1.29 is 17.9 Å². The minimum absolute atomic E-state index is 0. The lowest BCUT2D eigenvalue weighted by Gasteiger charge is -2.31. The van der Waals surface area contributed by atoms with Crippen molar-refractivity contribution in [1.82, 2.24) is 4.72 Å². The smallest absolute Gasteiger partial charge is 0.241 e. The number of fused-ring (bicyclic) bond motifs is 1. The van der Waals surface area contributed by atoms with Crippen molar-refractivity contribution in [2.45, 2.75) is 44.6 Å². The average Bonchev–Trinajstić information content (AvgIpc) is 2.83. The first kappa shape index (κ1) is 20.0. The summed E-state index contributed by atoms with van der Waals surface area (Å²) in [6.45, 7) is 7.97. The van der Waals surface area contributed by atoms with E-state index in [1.165, 1.54) is 6.07 Å². The van der Waals surface area contributed by atoms with Crippen LogP contribution in [0.5, 0.6) is 11.5 Å². The third kappa shape index (κ3) is 4.50. The van der Waals surface area contributed by atoms with Crippen molar-refractivity contribution in [1.29, 1.82) is 0 Å². The lowest BCUT2D eigenvalue weighted by Crippen LogP contribution is -2.52.